The molecule has 1 aliphatic rings. The second kappa shape index (κ2) is 6.41. The van der Waals surface area contributed by atoms with E-state index in [-0.39, 0.29) is 23.2 Å². The largest absolute Gasteiger partial charge is 0.313 e. The zero-order valence-electron chi connectivity index (χ0n) is 11.4. The second-order valence-electron chi connectivity index (χ2n) is 5.08. The Bertz CT molecular complexity index is 678. The van der Waals surface area contributed by atoms with Crippen LogP contribution in [0.1, 0.15) is 18.4 Å². The maximum Gasteiger partial charge on any atom is 0.238 e. The normalized spacial score (nSPS) is 19.8. The number of hydrogen-bond acceptors (Lipinski definition) is 5. The first-order valence-corrected chi connectivity index (χ1v) is 9.79. The molecule has 0 bridgehead atoms. The van der Waals surface area contributed by atoms with Crippen LogP contribution in [0.15, 0.2) is 29.2 Å². The Morgan fingerprint density at radius 2 is 1.86 bits per heavy atom. The van der Waals surface area contributed by atoms with E-state index in [1.54, 1.807) is 0 Å². The topological polar surface area (TPSA) is 118 Å². The molecule has 7 nitrogen and oxygen atoms in total. The number of benzene rings is 1. The Labute approximate surface area is 125 Å². The third-order valence-electron chi connectivity index (χ3n) is 3.33. The molecule has 0 spiro atoms. The second-order valence-corrected chi connectivity index (χ2v) is 8.50. The predicted molar refractivity (Wildman–Crippen MR) is 79.5 cm³/mol. The first-order valence-electron chi connectivity index (χ1n) is 6.59. The van der Waals surface area contributed by atoms with Crippen LogP contribution < -0.4 is 15.2 Å². The molecule has 1 fully saturated rings. The molecule has 1 aromatic carbocycles. The van der Waals surface area contributed by atoms with Crippen molar-refractivity contribution in [1.29, 1.82) is 0 Å². The Balaban J connectivity index is 1.93. The van der Waals surface area contributed by atoms with Gasteiger partial charge in [-0.15, -0.1) is 0 Å². The molecule has 1 heterocycles. The minimum atomic E-state index is -3.73. The van der Waals surface area contributed by atoms with Gasteiger partial charge in [-0.1, -0.05) is 12.1 Å². The fraction of sp³-hybridized carbons (Fsp3) is 0.500. The highest BCUT2D eigenvalue weighted by Gasteiger charge is 2.21. The van der Waals surface area contributed by atoms with Gasteiger partial charge < -0.3 is 5.32 Å². The van der Waals surface area contributed by atoms with Crippen LogP contribution in [0.4, 0.5) is 0 Å². The maximum atomic E-state index is 11.9. The fourth-order valence-corrected chi connectivity index (χ4v) is 4.05. The Kier molecular flexibility index (Phi) is 4.99. The van der Waals surface area contributed by atoms with E-state index in [0.29, 0.717) is 5.56 Å². The molecule has 0 radical (unpaired) electrons. The molecule has 1 aliphatic heterocycles. The molecule has 1 atom stereocenters. The lowest BCUT2D eigenvalue weighted by atomic mass is 10.2. The van der Waals surface area contributed by atoms with E-state index < -0.39 is 20.0 Å². The highest BCUT2D eigenvalue weighted by atomic mass is 32.2. The lowest BCUT2D eigenvalue weighted by Crippen LogP contribution is -2.36. The van der Waals surface area contributed by atoms with E-state index >= 15 is 0 Å². The van der Waals surface area contributed by atoms with E-state index in [4.69, 9.17) is 5.14 Å². The number of sulfonamides is 2. The summed E-state index contributed by atoms with van der Waals surface area (Å²) in [5.74, 6) is 0.0578. The van der Waals surface area contributed by atoms with Gasteiger partial charge in [-0.25, -0.2) is 26.7 Å². The zero-order chi connectivity index (χ0) is 15.5. The minimum absolute atomic E-state index is 0.00395. The smallest absolute Gasteiger partial charge is 0.238 e. The van der Waals surface area contributed by atoms with Crippen LogP contribution in [0.25, 0.3) is 0 Å². The summed E-state index contributed by atoms with van der Waals surface area (Å²) in [5.41, 5.74) is 0.672. The molecule has 4 N–H and O–H groups in total. The zero-order valence-corrected chi connectivity index (χ0v) is 13.1. The van der Waals surface area contributed by atoms with Crippen molar-refractivity contribution in [2.45, 2.75) is 30.3 Å². The number of rotatable bonds is 6. The maximum absolute atomic E-state index is 11.9. The number of nitrogens with one attached hydrogen (secondary N) is 2. The van der Waals surface area contributed by atoms with Gasteiger partial charge in [-0.3, -0.25) is 0 Å². The Morgan fingerprint density at radius 3 is 2.38 bits per heavy atom. The molecule has 21 heavy (non-hydrogen) atoms. The highest BCUT2D eigenvalue weighted by molar-refractivity contribution is 7.89. The number of nitrogens with two attached hydrogens (primary N) is 1. The lowest BCUT2D eigenvalue weighted by molar-refractivity contribution is 0.563. The molecule has 0 aliphatic carbocycles. The van der Waals surface area contributed by atoms with Crippen LogP contribution in [-0.2, 0) is 26.6 Å². The van der Waals surface area contributed by atoms with Crippen molar-refractivity contribution in [3.05, 3.63) is 29.8 Å². The Morgan fingerprint density at radius 1 is 1.19 bits per heavy atom. The Hall–Kier alpha value is -1.00. The van der Waals surface area contributed by atoms with Gasteiger partial charge in [0, 0.05) is 12.6 Å². The van der Waals surface area contributed by atoms with E-state index in [9.17, 15) is 16.8 Å². The van der Waals surface area contributed by atoms with Gasteiger partial charge in [-0.2, -0.15) is 0 Å². The van der Waals surface area contributed by atoms with E-state index in [2.05, 4.69) is 10.0 Å². The number of hydrogen-bond donors (Lipinski definition) is 3. The van der Waals surface area contributed by atoms with Gasteiger partial charge in [0.15, 0.2) is 0 Å². The van der Waals surface area contributed by atoms with Gasteiger partial charge >= 0.3 is 0 Å². The first-order chi connectivity index (χ1) is 9.76. The predicted octanol–water partition coefficient (Wildman–Crippen LogP) is -0.495. The summed E-state index contributed by atoms with van der Waals surface area (Å²) in [5, 5.41) is 8.13. The van der Waals surface area contributed by atoms with Gasteiger partial charge in [0.05, 0.1) is 10.6 Å². The SMILES string of the molecule is NS(=O)(=O)c1ccc(CNS(=O)(=O)CC2CCCN2)cc1. The van der Waals surface area contributed by atoms with Crippen LogP contribution in [0.3, 0.4) is 0 Å². The summed E-state index contributed by atoms with van der Waals surface area (Å²) in [6, 6.07) is 5.80. The van der Waals surface area contributed by atoms with Crippen molar-refractivity contribution in [1.82, 2.24) is 10.0 Å². The first kappa shape index (κ1) is 16.4. The van der Waals surface area contributed by atoms with Crippen LogP contribution in [0.5, 0.6) is 0 Å². The van der Waals surface area contributed by atoms with E-state index in [0.717, 1.165) is 19.4 Å². The van der Waals surface area contributed by atoms with Gasteiger partial charge in [0.25, 0.3) is 0 Å². The molecule has 118 valence electrons. The summed E-state index contributed by atoms with van der Waals surface area (Å²) in [6.45, 7) is 0.981. The average Bonchev–Trinajstić information content (AvgIpc) is 2.88. The van der Waals surface area contributed by atoms with Gasteiger partial charge in [-0.05, 0) is 37.1 Å². The van der Waals surface area contributed by atoms with Crippen LogP contribution in [0.2, 0.25) is 0 Å². The average molecular weight is 333 g/mol. The van der Waals surface area contributed by atoms with Crippen molar-refractivity contribution < 1.29 is 16.8 Å². The summed E-state index contributed by atoms with van der Waals surface area (Å²) in [6.07, 6.45) is 1.86. The van der Waals surface area contributed by atoms with Crippen molar-refractivity contribution >= 4 is 20.0 Å². The van der Waals surface area contributed by atoms with Crippen LogP contribution >= 0.6 is 0 Å². The molecule has 9 heteroatoms. The van der Waals surface area contributed by atoms with Crippen molar-refractivity contribution in [3.8, 4) is 0 Å². The highest BCUT2D eigenvalue weighted by Crippen LogP contribution is 2.10. The molecule has 0 aromatic heterocycles. The summed E-state index contributed by atoms with van der Waals surface area (Å²) in [7, 11) is -7.08. The van der Waals surface area contributed by atoms with Crippen LogP contribution in [-0.4, -0.2) is 35.2 Å². The number of primary sulfonamides is 1. The van der Waals surface area contributed by atoms with Crippen LogP contribution in [0, 0.1) is 0 Å². The molecule has 1 saturated heterocycles. The third kappa shape index (κ3) is 5.04. The summed E-state index contributed by atoms with van der Waals surface area (Å²) >= 11 is 0. The van der Waals surface area contributed by atoms with Gasteiger partial charge in [0.1, 0.15) is 0 Å². The molecular formula is C12H19N3O4S2. The molecule has 1 aromatic rings. The molecule has 2 rings (SSSR count). The van der Waals surface area contributed by atoms with Crippen molar-refractivity contribution in [2.24, 2.45) is 5.14 Å². The van der Waals surface area contributed by atoms with Gasteiger partial charge in [0.2, 0.25) is 20.0 Å². The quantitative estimate of drug-likeness (QED) is 0.649. The van der Waals surface area contributed by atoms with E-state index in [1.165, 1.54) is 24.3 Å². The third-order valence-corrected chi connectivity index (χ3v) is 5.69. The van der Waals surface area contributed by atoms with Crippen molar-refractivity contribution in [3.63, 3.8) is 0 Å². The summed E-state index contributed by atoms with van der Waals surface area (Å²) < 4.78 is 48.6. The lowest BCUT2D eigenvalue weighted by Gasteiger charge is -2.12. The molecular weight excluding hydrogens is 314 g/mol. The monoisotopic (exact) mass is 333 g/mol. The molecule has 0 amide bonds. The molecule has 0 saturated carbocycles. The summed E-state index contributed by atoms with van der Waals surface area (Å²) in [4.78, 5) is 0.00395. The van der Waals surface area contributed by atoms with E-state index in [1.807, 2.05) is 0 Å². The molecule has 1 unspecified atom stereocenters. The fourth-order valence-electron chi connectivity index (χ4n) is 2.21. The standard InChI is InChI=1S/C12H19N3O4S2/c13-21(18,19)12-5-3-10(4-6-12)8-15-20(16,17)9-11-2-1-7-14-11/h3-6,11,14-15H,1-2,7-9H2,(H2,13,18,19). The van der Waals surface area contributed by atoms with Crippen molar-refractivity contribution in [2.75, 3.05) is 12.3 Å². The minimum Gasteiger partial charge on any atom is -0.313 e.